The van der Waals surface area contributed by atoms with Crippen LogP contribution in [0.1, 0.15) is 82.1 Å². The molecule has 0 spiro atoms. The minimum atomic E-state index is -1.21. The largest absolute Gasteiger partial charge is 0.480 e. The fourth-order valence-electron chi connectivity index (χ4n) is 6.39. The Morgan fingerprint density at radius 3 is 1.22 bits per heavy atom. The van der Waals surface area contributed by atoms with E-state index >= 15 is 0 Å². The highest BCUT2D eigenvalue weighted by molar-refractivity contribution is 6.02. The van der Waals surface area contributed by atoms with E-state index in [1.54, 1.807) is 13.8 Å². The minimum Gasteiger partial charge on any atom is -0.480 e. The van der Waals surface area contributed by atoms with Crippen molar-refractivity contribution in [3.05, 3.63) is 130 Å². The Kier molecular flexibility index (Phi) is 18.3. The number of amides is 2. The van der Waals surface area contributed by atoms with E-state index in [4.69, 9.17) is 19.7 Å². The number of allylic oxidation sites excluding steroid dienone is 20. The number of Topliss-reactive ketones (excluding diaryl/α,β-unsaturated/α-hetero) is 2. The highest BCUT2D eigenvalue weighted by Crippen LogP contribution is 2.42. The maximum atomic E-state index is 13.0. The van der Waals surface area contributed by atoms with Crippen LogP contribution in [0.25, 0.3) is 0 Å². The summed E-state index contributed by atoms with van der Waals surface area (Å²) in [5, 5.41) is 21.7. The summed E-state index contributed by atoms with van der Waals surface area (Å²) in [6, 6.07) is 0. The fraction of sp³-hybridized carbons (Fsp3) is 0.391. The lowest BCUT2D eigenvalue weighted by Gasteiger charge is -2.36. The van der Waals surface area contributed by atoms with Crippen molar-refractivity contribution in [3.63, 3.8) is 0 Å². The number of rotatable bonds is 16. The molecule has 0 aromatic rings. The Balaban J connectivity index is 1.97. The van der Waals surface area contributed by atoms with Crippen LogP contribution in [-0.2, 0) is 28.7 Å². The zero-order chi connectivity index (χ0) is 43.8. The van der Waals surface area contributed by atoms with E-state index in [0.29, 0.717) is 11.1 Å². The highest BCUT2D eigenvalue weighted by Gasteiger charge is 2.41. The summed E-state index contributed by atoms with van der Waals surface area (Å²) in [4.78, 5) is 71.3. The first-order valence-electron chi connectivity index (χ1n) is 19.0. The number of hydrogen-bond acceptors (Lipinski definition) is 8. The van der Waals surface area contributed by atoms with Crippen molar-refractivity contribution in [1.29, 1.82) is 0 Å². The molecule has 0 aromatic carbocycles. The predicted molar refractivity (Wildman–Crippen MR) is 225 cm³/mol. The van der Waals surface area contributed by atoms with Crippen LogP contribution in [0.5, 0.6) is 0 Å². The number of aliphatic carboxylic acids is 2. The number of hydrogen-bond donors (Lipinski definition) is 4. The van der Waals surface area contributed by atoms with Crippen molar-refractivity contribution in [2.24, 2.45) is 10.8 Å². The molecule has 0 fully saturated rings. The van der Waals surface area contributed by atoms with Crippen LogP contribution in [-0.4, -0.2) is 71.2 Å². The topological polar surface area (TPSA) is 185 Å². The van der Waals surface area contributed by atoms with Gasteiger partial charge >= 0.3 is 24.1 Å². The third kappa shape index (κ3) is 15.8. The highest BCUT2D eigenvalue weighted by atomic mass is 16.6. The predicted octanol–water partition coefficient (Wildman–Crippen LogP) is 8.54. The quantitative estimate of drug-likeness (QED) is 0.110. The number of ether oxygens (including phenoxy) is 2. The zero-order valence-electron chi connectivity index (χ0n) is 35.2. The van der Waals surface area contributed by atoms with Gasteiger partial charge in [-0.1, -0.05) is 135 Å². The number of carbonyl (C=O) groups is 6. The molecule has 0 heterocycles. The molecular weight excluding hydrogens is 741 g/mol. The molecule has 2 unspecified atom stereocenters. The Labute approximate surface area is 341 Å². The van der Waals surface area contributed by atoms with E-state index in [2.05, 4.69) is 10.6 Å². The molecule has 0 saturated heterocycles. The number of ketones is 2. The van der Waals surface area contributed by atoms with E-state index < -0.39 is 60.3 Å². The number of carboxylic acids is 2. The maximum Gasteiger partial charge on any atom is 0.408 e. The second-order valence-corrected chi connectivity index (χ2v) is 15.7. The van der Waals surface area contributed by atoms with Gasteiger partial charge in [-0.3, -0.25) is 19.2 Å². The molecule has 0 saturated carbocycles. The second-order valence-electron chi connectivity index (χ2n) is 15.7. The Morgan fingerprint density at radius 2 is 0.897 bits per heavy atom. The second kappa shape index (κ2) is 22.0. The van der Waals surface area contributed by atoms with Crippen LogP contribution >= 0.6 is 0 Å². The molecule has 4 N–H and O–H groups in total. The average molecular weight is 799 g/mol. The Morgan fingerprint density at radius 1 is 0.586 bits per heavy atom. The summed E-state index contributed by atoms with van der Waals surface area (Å²) in [6.45, 7) is 18.0. The van der Waals surface area contributed by atoms with Crippen molar-refractivity contribution < 1.29 is 48.5 Å². The lowest BCUT2D eigenvalue weighted by molar-refractivity contribution is -0.137. The van der Waals surface area contributed by atoms with Crippen LogP contribution in [0.4, 0.5) is 9.59 Å². The molecule has 0 bridgehead atoms. The standard InChI is InChI=1S/C46H58N2O10/c1-29(17-13-19-31(3)21-23-35-33(5)41(53)37(25-45(35,7)8)57-43(55)47-27-39(49)50)15-11-12-16-30(2)18-14-20-32(4)22-24-36-34(6)42(54)38(26-46(36,9)10)58-44(56)48-28-40(51)52/h11-24,37-38H,25-28H2,1-10H3,(H,47,55)(H,48,56)(H,49,50)(H,51,52)/b12-11+,17-13+,18-14+,23-21+,24-22+,29-15+,30-16+,31-19+,32-20+. The van der Waals surface area contributed by atoms with Gasteiger partial charge in [0.05, 0.1) is 0 Å². The molecule has 312 valence electrons. The van der Waals surface area contributed by atoms with Crippen molar-refractivity contribution in [3.8, 4) is 0 Å². The van der Waals surface area contributed by atoms with Crippen molar-refractivity contribution in [1.82, 2.24) is 10.6 Å². The van der Waals surface area contributed by atoms with Gasteiger partial charge in [0.2, 0.25) is 0 Å². The Bertz CT molecular complexity index is 1830. The number of carboxylic acid groups (broad SMARTS) is 2. The number of carbonyl (C=O) groups excluding carboxylic acids is 4. The van der Waals surface area contributed by atoms with E-state index in [1.807, 2.05) is 140 Å². The summed E-state index contributed by atoms with van der Waals surface area (Å²) < 4.78 is 10.5. The number of nitrogens with one attached hydrogen (secondary N) is 2. The summed E-state index contributed by atoms with van der Waals surface area (Å²) >= 11 is 0. The molecule has 2 amide bonds. The van der Waals surface area contributed by atoms with E-state index in [1.165, 1.54) is 0 Å². The SMILES string of the molecule is CC1=C(/C=C/C(C)=C/C=C/C(C)=C/C=C/C=C(C)/C=C/C=C(C)/C=C/C2=C(C)C(=O)C(OC(=O)NCC(=O)O)CC2(C)C)C(C)(C)CC(OC(=O)NCC(=O)O)C1=O. The third-order valence-corrected chi connectivity index (χ3v) is 9.54. The van der Waals surface area contributed by atoms with Gasteiger partial charge in [0.15, 0.2) is 23.8 Å². The summed E-state index contributed by atoms with van der Waals surface area (Å²) in [5.41, 5.74) is 5.82. The average Bonchev–Trinajstić information content (AvgIpc) is 3.12. The normalized spacial score (nSPS) is 20.9. The first kappa shape index (κ1) is 48.1. The molecule has 0 radical (unpaired) electrons. The zero-order valence-corrected chi connectivity index (χ0v) is 35.2. The van der Waals surface area contributed by atoms with Gasteiger partial charge in [-0.2, -0.15) is 0 Å². The first-order chi connectivity index (χ1) is 27.0. The molecule has 12 heteroatoms. The monoisotopic (exact) mass is 798 g/mol. The minimum absolute atomic E-state index is 0.275. The van der Waals surface area contributed by atoms with Gasteiger partial charge in [-0.25, -0.2) is 9.59 Å². The van der Waals surface area contributed by atoms with E-state index in [0.717, 1.165) is 33.4 Å². The van der Waals surface area contributed by atoms with Crippen LogP contribution in [0.3, 0.4) is 0 Å². The lowest BCUT2D eigenvalue weighted by atomic mass is 9.71. The molecular formula is C46H58N2O10. The molecule has 2 atom stereocenters. The van der Waals surface area contributed by atoms with Crippen LogP contribution < -0.4 is 10.6 Å². The summed E-state index contributed by atoms with van der Waals surface area (Å²) in [6.07, 6.45) is 24.2. The third-order valence-electron chi connectivity index (χ3n) is 9.54. The van der Waals surface area contributed by atoms with E-state index in [-0.39, 0.29) is 24.4 Å². The molecule has 12 nitrogen and oxygen atoms in total. The van der Waals surface area contributed by atoms with Gasteiger partial charge in [-0.05, 0) is 74.7 Å². The van der Waals surface area contributed by atoms with Crippen LogP contribution in [0, 0.1) is 10.8 Å². The number of alkyl carbamates (subject to hydrolysis) is 2. The van der Waals surface area contributed by atoms with Crippen molar-refractivity contribution >= 4 is 35.7 Å². The van der Waals surface area contributed by atoms with Gasteiger partial charge < -0.3 is 30.3 Å². The maximum absolute atomic E-state index is 13.0. The lowest BCUT2D eigenvalue weighted by Crippen LogP contribution is -2.41. The van der Waals surface area contributed by atoms with Crippen molar-refractivity contribution in [2.75, 3.05) is 13.1 Å². The van der Waals surface area contributed by atoms with Crippen molar-refractivity contribution in [2.45, 2.75) is 94.3 Å². The van der Waals surface area contributed by atoms with Gasteiger partial charge in [0.1, 0.15) is 13.1 Å². The molecule has 58 heavy (non-hydrogen) atoms. The summed E-state index contributed by atoms with van der Waals surface area (Å²) in [7, 11) is 0. The van der Waals surface area contributed by atoms with E-state index in [9.17, 15) is 28.8 Å². The molecule has 2 aliphatic carbocycles. The van der Waals surface area contributed by atoms with Gasteiger partial charge in [0.25, 0.3) is 0 Å². The van der Waals surface area contributed by atoms with Crippen LogP contribution in [0.2, 0.25) is 0 Å². The first-order valence-corrected chi connectivity index (χ1v) is 19.0. The Hall–Kier alpha value is -6.04. The smallest absolute Gasteiger partial charge is 0.408 e. The fourth-order valence-corrected chi connectivity index (χ4v) is 6.39. The molecule has 2 rings (SSSR count). The molecule has 2 aliphatic rings. The van der Waals surface area contributed by atoms with Crippen LogP contribution in [0.15, 0.2) is 130 Å². The summed E-state index contributed by atoms with van der Waals surface area (Å²) in [5.74, 6) is -3.02. The molecule has 0 aromatic heterocycles. The molecule has 0 aliphatic heterocycles. The van der Waals surface area contributed by atoms with Gasteiger partial charge in [0, 0.05) is 12.8 Å². The van der Waals surface area contributed by atoms with Gasteiger partial charge in [-0.15, -0.1) is 0 Å².